The van der Waals surface area contributed by atoms with E-state index in [1.165, 1.54) is 0 Å². The normalized spacial score (nSPS) is 9.92. The van der Waals surface area contributed by atoms with E-state index in [9.17, 15) is 4.79 Å². The minimum Gasteiger partial charge on any atom is -0.264 e. The van der Waals surface area contributed by atoms with Crippen LogP contribution in [0.1, 0.15) is 10.4 Å². The van der Waals surface area contributed by atoms with Gasteiger partial charge in [-0.05, 0) is 12.1 Å². The summed E-state index contributed by atoms with van der Waals surface area (Å²) < 4.78 is 0. The van der Waals surface area contributed by atoms with Gasteiger partial charge in [-0.1, -0.05) is 18.2 Å². The first-order valence-electron chi connectivity index (χ1n) is 3.86. The van der Waals surface area contributed by atoms with Crippen LogP contribution in [-0.2, 0) is 0 Å². The molecule has 1 rings (SSSR count). The maximum absolute atomic E-state index is 11.3. The van der Waals surface area contributed by atoms with Gasteiger partial charge in [-0.3, -0.25) is 4.79 Å². The predicted octanol–water partition coefficient (Wildman–Crippen LogP) is -0.524. The van der Waals surface area contributed by atoms with E-state index in [4.69, 9.17) is 0 Å². The fourth-order valence-electron chi connectivity index (χ4n) is 0.889. The minimum absolute atomic E-state index is 0.0457. The van der Waals surface area contributed by atoms with Crippen LogP contribution in [0.15, 0.2) is 30.3 Å². The summed E-state index contributed by atoms with van der Waals surface area (Å²) in [5, 5.41) is 0.906. The first kappa shape index (κ1) is 8.74. The third kappa shape index (κ3) is 2.36. The average molecular weight is 165 g/mol. The Balaban J connectivity index is 2.66. The molecule has 0 heterocycles. The fraction of sp³-hybridized carbons (Fsp3) is 0.222. The molecule has 0 aliphatic rings. The van der Waals surface area contributed by atoms with Crippen LogP contribution >= 0.6 is 0 Å². The largest absolute Gasteiger partial charge is 0.295 e. The molecule has 64 valence electrons. The molecule has 1 amide bonds. The van der Waals surface area contributed by atoms with E-state index in [1.807, 2.05) is 32.3 Å². The average Bonchev–Trinajstić information content (AvgIpc) is 2.05. The second-order valence-electron chi connectivity index (χ2n) is 2.82. The van der Waals surface area contributed by atoms with Crippen molar-refractivity contribution in [2.24, 2.45) is 0 Å². The molecule has 2 N–H and O–H groups in total. The molecule has 0 atom stereocenters. The quantitative estimate of drug-likeness (QED) is 0.568. The van der Waals surface area contributed by atoms with Crippen LogP contribution in [0, 0.1) is 0 Å². The van der Waals surface area contributed by atoms with Crippen LogP contribution < -0.4 is 10.4 Å². The Labute approximate surface area is 72.0 Å². The zero-order valence-electron chi connectivity index (χ0n) is 7.29. The highest BCUT2D eigenvalue weighted by atomic mass is 16.2. The Bertz CT molecular complexity index is 256. The van der Waals surface area contributed by atoms with Gasteiger partial charge in [0.25, 0.3) is 5.91 Å². The fourth-order valence-corrected chi connectivity index (χ4v) is 0.889. The second kappa shape index (κ2) is 3.88. The third-order valence-corrected chi connectivity index (χ3v) is 1.40. The first-order valence-corrected chi connectivity index (χ1v) is 3.86. The van der Waals surface area contributed by atoms with Crippen molar-refractivity contribution in [1.82, 2.24) is 5.43 Å². The number of quaternary nitrogens is 1. The topological polar surface area (TPSA) is 33.5 Å². The lowest BCUT2D eigenvalue weighted by molar-refractivity contribution is -0.895. The number of benzene rings is 1. The molecule has 3 heteroatoms. The smallest absolute Gasteiger partial charge is 0.264 e. The van der Waals surface area contributed by atoms with E-state index in [1.54, 1.807) is 12.1 Å². The van der Waals surface area contributed by atoms with Crippen molar-refractivity contribution in [2.75, 3.05) is 14.1 Å². The molecule has 12 heavy (non-hydrogen) atoms. The third-order valence-electron chi connectivity index (χ3n) is 1.40. The van der Waals surface area contributed by atoms with E-state index in [0.717, 1.165) is 5.01 Å². The van der Waals surface area contributed by atoms with Crippen molar-refractivity contribution >= 4 is 5.91 Å². The van der Waals surface area contributed by atoms with E-state index >= 15 is 0 Å². The summed E-state index contributed by atoms with van der Waals surface area (Å²) in [5.74, 6) is -0.0457. The molecular weight excluding hydrogens is 152 g/mol. The molecule has 0 aromatic heterocycles. The van der Waals surface area contributed by atoms with E-state index in [-0.39, 0.29) is 5.91 Å². The van der Waals surface area contributed by atoms with Crippen LogP contribution in [0.2, 0.25) is 0 Å². The molecule has 0 fully saturated rings. The summed E-state index contributed by atoms with van der Waals surface area (Å²) in [6.07, 6.45) is 0. The number of hydrogen-bond acceptors (Lipinski definition) is 1. The molecule has 1 aromatic carbocycles. The Morgan fingerprint density at radius 2 is 1.83 bits per heavy atom. The predicted molar refractivity (Wildman–Crippen MR) is 46.7 cm³/mol. The molecule has 0 unspecified atom stereocenters. The zero-order chi connectivity index (χ0) is 8.97. The summed E-state index contributed by atoms with van der Waals surface area (Å²) in [6.45, 7) is 0. The number of carbonyl (C=O) groups is 1. The van der Waals surface area contributed by atoms with Crippen LogP contribution in [0.5, 0.6) is 0 Å². The summed E-state index contributed by atoms with van der Waals surface area (Å²) in [5.41, 5.74) is 3.43. The number of amides is 1. The molecule has 0 spiro atoms. The monoisotopic (exact) mass is 165 g/mol. The Morgan fingerprint density at radius 1 is 1.25 bits per heavy atom. The number of hydrogen-bond donors (Lipinski definition) is 2. The SMILES string of the molecule is C[NH+](C)NC(=O)c1ccccc1. The lowest BCUT2D eigenvalue weighted by atomic mass is 10.2. The Kier molecular flexibility index (Phi) is 2.82. The van der Waals surface area contributed by atoms with Gasteiger partial charge in [0.05, 0.1) is 14.1 Å². The number of rotatable bonds is 2. The van der Waals surface area contributed by atoms with Gasteiger partial charge >= 0.3 is 0 Å². The van der Waals surface area contributed by atoms with Crippen LogP contribution in [0.25, 0.3) is 0 Å². The second-order valence-corrected chi connectivity index (χ2v) is 2.82. The van der Waals surface area contributed by atoms with Crippen molar-refractivity contribution < 1.29 is 9.80 Å². The molecule has 0 bridgehead atoms. The molecular formula is C9H13N2O+. The van der Waals surface area contributed by atoms with E-state index in [2.05, 4.69) is 5.43 Å². The Hall–Kier alpha value is -1.35. The summed E-state index contributed by atoms with van der Waals surface area (Å²) in [4.78, 5) is 11.3. The molecule has 0 aliphatic carbocycles. The van der Waals surface area contributed by atoms with Crippen LogP contribution in [0.3, 0.4) is 0 Å². The van der Waals surface area contributed by atoms with Crippen molar-refractivity contribution in [2.45, 2.75) is 0 Å². The van der Waals surface area contributed by atoms with Gasteiger partial charge in [-0.15, -0.1) is 0 Å². The molecule has 0 saturated carbocycles. The van der Waals surface area contributed by atoms with Gasteiger partial charge in [-0.2, -0.15) is 5.43 Å². The summed E-state index contributed by atoms with van der Waals surface area (Å²) >= 11 is 0. The van der Waals surface area contributed by atoms with Crippen molar-refractivity contribution in [3.63, 3.8) is 0 Å². The highest BCUT2D eigenvalue weighted by Crippen LogP contribution is 1.95. The van der Waals surface area contributed by atoms with Gasteiger partial charge in [0.2, 0.25) is 0 Å². The first-order chi connectivity index (χ1) is 5.70. The molecule has 0 saturated heterocycles. The van der Waals surface area contributed by atoms with E-state index < -0.39 is 0 Å². The molecule has 0 aliphatic heterocycles. The van der Waals surface area contributed by atoms with Gasteiger partial charge in [-0.25, -0.2) is 5.01 Å². The molecule has 0 radical (unpaired) electrons. The summed E-state index contributed by atoms with van der Waals surface area (Å²) in [6, 6.07) is 9.16. The van der Waals surface area contributed by atoms with E-state index in [0.29, 0.717) is 5.56 Å². The lowest BCUT2D eigenvalue weighted by Gasteiger charge is -2.07. The number of nitrogens with one attached hydrogen (secondary N) is 2. The highest BCUT2D eigenvalue weighted by Gasteiger charge is 2.05. The zero-order valence-corrected chi connectivity index (χ0v) is 7.29. The van der Waals surface area contributed by atoms with Crippen molar-refractivity contribution in [3.05, 3.63) is 35.9 Å². The molecule has 1 aromatic rings. The maximum atomic E-state index is 11.3. The van der Waals surface area contributed by atoms with Gasteiger partial charge < -0.3 is 0 Å². The lowest BCUT2D eigenvalue weighted by Crippen LogP contribution is -3.13. The molecule has 3 nitrogen and oxygen atoms in total. The number of carbonyl (C=O) groups excluding carboxylic acids is 1. The van der Waals surface area contributed by atoms with Crippen LogP contribution in [-0.4, -0.2) is 20.0 Å². The summed E-state index contributed by atoms with van der Waals surface area (Å²) in [7, 11) is 3.72. The standard InChI is InChI=1S/C9H12N2O/c1-11(2)10-9(12)8-6-4-3-5-7-8/h3-7H,1-2H3,(H,10,12)/p+1. The van der Waals surface area contributed by atoms with Gasteiger partial charge in [0.1, 0.15) is 0 Å². The Morgan fingerprint density at radius 3 is 2.33 bits per heavy atom. The highest BCUT2D eigenvalue weighted by molar-refractivity contribution is 5.93. The van der Waals surface area contributed by atoms with Gasteiger partial charge in [0, 0.05) is 5.56 Å². The van der Waals surface area contributed by atoms with Crippen molar-refractivity contribution in [3.8, 4) is 0 Å². The maximum Gasteiger partial charge on any atom is 0.295 e. The van der Waals surface area contributed by atoms with Gasteiger partial charge in [0.15, 0.2) is 0 Å². The minimum atomic E-state index is -0.0457. The van der Waals surface area contributed by atoms with Crippen molar-refractivity contribution in [1.29, 1.82) is 0 Å². The van der Waals surface area contributed by atoms with Crippen LogP contribution in [0.4, 0.5) is 0 Å².